The van der Waals surface area contributed by atoms with Gasteiger partial charge in [-0.05, 0) is 23.8 Å². The van der Waals surface area contributed by atoms with Crippen LogP contribution in [-0.4, -0.2) is 39.9 Å². The van der Waals surface area contributed by atoms with E-state index in [1.54, 1.807) is 20.2 Å². The van der Waals surface area contributed by atoms with Gasteiger partial charge in [0.05, 0.1) is 6.61 Å². The molecule has 164 valence electrons. The fourth-order valence-electron chi connectivity index (χ4n) is 2.66. The second-order valence-corrected chi connectivity index (χ2v) is 6.33. The highest BCUT2D eigenvalue weighted by Gasteiger charge is 2.05. The van der Waals surface area contributed by atoms with Crippen molar-refractivity contribution in [3.63, 3.8) is 0 Å². The summed E-state index contributed by atoms with van der Waals surface area (Å²) in [6.45, 7) is 6.76. The largest absolute Gasteiger partial charge is 0.493 e. The van der Waals surface area contributed by atoms with E-state index < -0.39 is 0 Å². The Labute approximate surface area is 196 Å². The molecular formula is C23H32IN3O3. The van der Waals surface area contributed by atoms with Crippen molar-refractivity contribution in [3.8, 4) is 11.5 Å². The van der Waals surface area contributed by atoms with Crippen molar-refractivity contribution in [2.24, 2.45) is 4.99 Å². The van der Waals surface area contributed by atoms with Gasteiger partial charge in [0.2, 0.25) is 0 Å². The number of hydrogen-bond acceptors (Lipinski definition) is 4. The molecule has 6 nitrogen and oxygen atoms in total. The summed E-state index contributed by atoms with van der Waals surface area (Å²) >= 11 is 0. The van der Waals surface area contributed by atoms with Gasteiger partial charge in [-0.15, -0.1) is 24.0 Å². The lowest BCUT2D eigenvalue weighted by molar-refractivity contribution is 0.172. The van der Waals surface area contributed by atoms with Crippen LogP contribution < -0.4 is 20.1 Å². The molecule has 0 unspecified atom stereocenters. The van der Waals surface area contributed by atoms with E-state index in [0.717, 1.165) is 35.0 Å². The molecule has 0 aromatic heterocycles. The van der Waals surface area contributed by atoms with Crippen LogP contribution in [0.5, 0.6) is 11.5 Å². The first-order chi connectivity index (χ1) is 14.3. The Kier molecular flexibility index (Phi) is 13.4. The zero-order valence-corrected chi connectivity index (χ0v) is 20.1. The van der Waals surface area contributed by atoms with E-state index in [4.69, 9.17) is 14.2 Å². The minimum atomic E-state index is 0. The number of para-hydroxylation sites is 1. The second kappa shape index (κ2) is 15.6. The summed E-state index contributed by atoms with van der Waals surface area (Å²) in [6.07, 6.45) is 2.60. The van der Waals surface area contributed by atoms with E-state index in [1.807, 2.05) is 42.5 Å². The highest BCUT2D eigenvalue weighted by atomic mass is 127. The van der Waals surface area contributed by atoms with E-state index in [2.05, 4.69) is 28.3 Å². The quantitative estimate of drug-likeness (QED) is 0.143. The van der Waals surface area contributed by atoms with Crippen molar-refractivity contribution in [2.75, 3.05) is 34.0 Å². The van der Waals surface area contributed by atoms with Gasteiger partial charge in [0.25, 0.3) is 0 Å². The maximum absolute atomic E-state index is 5.76. The van der Waals surface area contributed by atoms with Gasteiger partial charge in [-0.3, -0.25) is 4.99 Å². The van der Waals surface area contributed by atoms with Crippen molar-refractivity contribution < 1.29 is 14.2 Å². The van der Waals surface area contributed by atoms with Crippen LogP contribution in [0.2, 0.25) is 0 Å². The molecule has 0 saturated heterocycles. The van der Waals surface area contributed by atoms with Crippen LogP contribution in [0.15, 0.2) is 66.2 Å². The van der Waals surface area contributed by atoms with E-state index >= 15 is 0 Å². The molecule has 0 bridgehead atoms. The molecule has 0 amide bonds. The van der Waals surface area contributed by atoms with Crippen LogP contribution >= 0.6 is 24.0 Å². The van der Waals surface area contributed by atoms with Gasteiger partial charge in [-0.2, -0.15) is 0 Å². The number of benzene rings is 2. The Morgan fingerprint density at radius 2 is 1.83 bits per heavy atom. The molecule has 30 heavy (non-hydrogen) atoms. The normalized spacial score (nSPS) is 10.7. The predicted molar refractivity (Wildman–Crippen MR) is 133 cm³/mol. The minimum absolute atomic E-state index is 0. The van der Waals surface area contributed by atoms with Crippen molar-refractivity contribution >= 4 is 29.9 Å². The molecule has 0 aliphatic carbocycles. The van der Waals surface area contributed by atoms with Gasteiger partial charge in [0.1, 0.15) is 18.1 Å². The Morgan fingerprint density at radius 1 is 1.03 bits per heavy atom. The van der Waals surface area contributed by atoms with Crippen molar-refractivity contribution in [3.05, 3.63) is 72.3 Å². The number of guanidine groups is 1. The lowest BCUT2D eigenvalue weighted by Crippen LogP contribution is -2.36. The molecule has 0 spiro atoms. The molecule has 7 heteroatoms. The minimum Gasteiger partial charge on any atom is -0.493 e. The SMILES string of the molecule is C=CCOc1ccccc1CNC(=NC)NCc1cccc(OCCCOC)c1.I. The number of halogens is 1. The standard InChI is InChI=1S/C23H31N3O3.HI/c1-4-13-29-22-12-6-5-10-20(22)18-26-23(24-2)25-17-19-9-7-11-21(16-19)28-15-8-14-27-3;/h4-7,9-12,16H,1,8,13-15,17-18H2,2-3H3,(H2,24,25,26);1H. The van der Waals surface area contributed by atoms with Crippen LogP contribution in [-0.2, 0) is 17.8 Å². The van der Waals surface area contributed by atoms with Crippen LogP contribution in [0.25, 0.3) is 0 Å². The van der Waals surface area contributed by atoms with E-state index in [-0.39, 0.29) is 24.0 Å². The summed E-state index contributed by atoms with van der Waals surface area (Å²) in [6, 6.07) is 16.0. The number of rotatable bonds is 12. The first-order valence-electron chi connectivity index (χ1n) is 9.73. The molecule has 0 aliphatic heterocycles. The monoisotopic (exact) mass is 525 g/mol. The topological polar surface area (TPSA) is 64.1 Å². The van der Waals surface area contributed by atoms with Crippen LogP contribution in [0, 0.1) is 0 Å². The van der Waals surface area contributed by atoms with E-state index in [1.165, 1.54) is 0 Å². The molecule has 0 aliphatic rings. The van der Waals surface area contributed by atoms with Gasteiger partial charge in [-0.25, -0.2) is 0 Å². The van der Waals surface area contributed by atoms with Crippen LogP contribution in [0.1, 0.15) is 17.5 Å². The zero-order valence-electron chi connectivity index (χ0n) is 17.7. The molecule has 2 rings (SSSR count). The average Bonchev–Trinajstić information content (AvgIpc) is 2.76. The molecule has 2 N–H and O–H groups in total. The Morgan fingerprint density at radius 3 is 2.60 bits per heavy atom. The van der Waals surface area contributed by atoms with Crippen LogP contribution in [0.4, 0.5) is 0 Å². The van der Waals surface area contributed by atoms with Gasteiger partial charge in [0.15, 0.2) is 5.96 Å². The van der Waals surface area contributed by atoms with Gasteiger partial charge in [-0.1, -0.05) is 43.0 Å². The highest BCUT2D eigenvalue weighted by molar-refractivity contribution is 14.0. The molecular weight excluding hydrogens is 493 g/mol. The summed E-state index contributed by atoms with van der Waals surface area (Å²) in [5, 5.41) is 6.65. The van der Waals surface area contributed by atoms with Crippen LogP contribution in [0.3, 0.4) is 0 Å². The molecule has 0 saturated carbocycles. The predicted octanol–water partition coefficient (Wildman–Crippen LogP) is 4.15. The number of nitrogens with zero attached hydrogens (tertiary/aromatic N) is 1. The molecule has 2 aromatic rings. The number of nitrogens with one attached hydrogen (secondary N) is 2. The van der Waals surface area contributed by atoms with Crippen molar-refractivity contribution in [1.29, 1.82) is 0 Å². The molecule has 0 atom stereocenters. The third-order valence-corrected chi connectivity index (χ3v) is 4.12. The lowest BCUT2D eigenvalue weighted by Gasteiger charge is -2.15. The fourth-order valence-corrected chi connectivity index (χ4v) is 2.66. The third-order valence-electron chi connectivity index (χ3n) is 4.12. The zero-order chi connectivity index (χ0) is 20.7. The fraction of sp³-hybridized carbons (Fsp3) is 0.348. The Hall–Kier alpha value is -2.26. The summed E-state index contributed by atoms with van der Waals surface area (Å²) in [5.41, 5.74) is 2.18. The smallest absolute Gasteiger partial charge is 0.191 e. The van der Waals surface area contributed by atoms with Gasteiger partial charge >= 0.3 is 0 Å². The highest BCUT2D eigenvalue weighted by Crippen LogP contribution is 2.17. The number of ether oxygens (including phenoxy) is 3. The molecule has 2 aromatic carbocycles. The van der Waals surface area contributed by atoms with Crippen molar-refractivity contribution in [1.82, 2.24) is 10.6 Å². The lowest BCUT2D eigenvalue weighted by atomic mass is 10.2. The summed E-state index contributed by atoms with van der Waals surface area (Å²) in [5.74, 6) is 2.42. The maximum atomic E-state index is 5.76. The molecule has 0 fully saturated rings. The maximum Gasteiger partial charge on any atom is 0.191 e. The second-order valence-electron chi connectivity index (χ2n) is 6.33. The number of methoxy groups -OCH3 is 1. The average molecular weight is 525 g/mol. The van der Waals surface area contributed by atoms with E-state index in [0.29, 0.717) is 32.9 Å². The summed E-state index contributed by atoms with van der Waals surface area (Å²) in [4.78, 5) is 4.29. The number of aliphatic imine (C=N–C) groups is 1. The summed E-state index contributed by atoms with van der Waals surface area (Å²) < 4.78 is 16.5. The molecule has 0 heterocycles. The van der Waals surface area contributed by atoms with E-state index in [9.17, 15) is 0 Å². The number of hydrogen-bond donors (Lipinski definition) is 2. The Bertz CT molecular complexity index is 784. The van der Waals surface area contributed by atoms with Crippen molar-refractivity contribution in [2.45, 2.75) is 19.5 Å². The van der Waals surface area contributed by atoms with Gasteiger partial charge in [0, 0.05) is 45.8 Å². The first kappa shape index (κ1) is 25.8. The third kappa shape index (κ3) is 9.49. The first-order valence-corrected chi connectivity index (χ1v) is 9.73. The summed E-state index contributed by atoms with van der Waals surface area (Å²) in [7, 11) is 3.45. The molecule has 0 radical (unpaired) electrons. The Balaban J connectivity index is 0.00000450. The van der Waals surface area contributed by atoms with Gasteiger partial charge < -0.3 is 24.8 Å².